The zero-order valence-electron chi connectivity index (χ0n) is 14.5. The molecule has 3 aromatic rings. The summed E-state index contributed by atoms with van der Waals surface area (Å²) in [5.74, 6) is 1.60. The lowest BCUT2D eigenvalue weighted by atomic mass is 10.2. The van der Waals surface area contributed by atoms with Gasteiger partial charge in [-0.3, -0.25) is 0 Å². The maximum Gasteiger partial charge on any atom is 0.221 e. The number of halogens is 1. The monoisotopic (exact) mass is 370 g/mol. The molecule has 2 N–H and O–H groups in total. The van der Waals surface area contributed by atoms with Crippen LogP contribution in [0.2, 0.25) is 5.02 Å². The van der Waals surface area contributed by atoms with Crippen LogP contribution in [0.1, 0.15) is 16.8 Å². The van der Waals surface area contributed by atoms with E-state index in [9.17, 15) is 0 Å². The van der Waals surface area contributed by atoms with Crippen molar-refractivity contribution in [3.63, 3.8) is 0 Å². The third-order valence-electron chi connectivity index (χ3n) is 3.64. The third-order valence-corrected chi connectivity index (χ3v) is 3.87. The summed E-state index contributed by atoms with van der Waals surface area (Å²) in [6.45, 7) is 2.26. The number of ether oxygens (including phenoxy) is 2. The molecule has 0 saturated carbocycles. The number of hydrogen-bond donors (Lipinski definition) is 1. The van der Waals surface area contributed by atoms with Crippen LogP contribution < -0.4 is 15.2 Å². The molecular formula is C19H19ClN4O2. The Morgan fingerprint density at radius 3 is 2.77 bits per heavy atom. The second-order valence-corrected chi connectivity index (χ2v) is 6.09. The van der Waals surface area contributed by atoms with E-state index in [0.717, 1.165) is 16.8 Å². The Morgan fingerprint density at radius 2 is 2.08 bits per heavy atom. The summed E-state index contributed by atoms with van der Waals surface area (Å²) < 4.78 is 12.8. The highest BCUT2D eigenvalue weighted by Gasteiger charge is 2.06. The fraction of sp³-hybridized carbons (Fsp3) is 0.158. The Hall–Kier alpha value is -2.99. The zero-order valence-corrected chi connectivity index (χ0v) is 15.3. The number of nitrogen functional groups attached to an aromatic ring is 1. The van der Waals surface area contributed by atoms with E-state index in [0.29, 0.717) is 29.1 Å². The zero-order chi connectivity index (χ0) is 18.5. The Balaban J connectivity index is 1.74. The molecule has 0 aliphatic carbocycles. The highest BCUT2D eigenvalue weighted by atomic mass is 35.5. The maximum atomic E-state index is 5.99. The van der Waals surface area contributed by atoms with Gasteiger partial charge in [-0.2, -0.15) is 5.10 Å². The number of methoxy groups -OCH3 is 1. The Kier molecular flexibility index (Phi) is 5.43. The molecular weight excluding hydrogens is 352 g/mol. The van der Waals surface area contributed by atoms with Crippen LogP contribution in [-0.2, 0) is 6.61 Å². The van der Waals surface area contributed by atoms with E-state index in [2.05, 4.69) is 10.1 Å². The van der Waals surface area contributed by atoms with E-state index in [1.54, 1.807) is 19.5 Å². The smallest absolute Gasteiger partial charge is 0.221 e. The van der Waals surface area contributed by atoms with Crippen LogP contribution in [0, 0.1) is 6.92 Å². The minimum Gasteiger partial charge on any atom is -0.493 e. The minimum absolute atomic E-state index is 0.340. The maximum absolute atomic E-state index is 5.99. The third kappa shape index (κ3) is 4.34. The first-order valence-corrected chi connectivity index (χ1v) is 8.34. The summed E-state index contributed by atoms with van der Waals surface area (Å²) in [6, 6.07) is 13.1. The van der Waals surface area contributed by atoms with Crippen molar-refractivity contribution < 1.29 is 9.47 Å². The van der Waals surface area contributed by atoms with Gasteiger partial charge < -0.3 is 15.2 Å². The molecule has 0 unspecified atom stereocenters. The van der Waals surface area contributed by atoms with Gasteiger partial charge in [-0.15, -0.1) is 0 Å². The number of imidazole rings is 1. The molecule has 2 aromatic carbocycles. The van der Waals surface area contributed by atoms with E-state index in [1.807, 2.05) is 49.4 Å². The van der Waals surface area contributed by atoms with Gasteiger partial charge in [0.1, 0.15) is 6.61 Å². The summed E-state index contributed by atoms with van der Waals surface area (Å²) in [7, 11) is 1.60. The van der Waals surface area contributed by atoms with Gasteiger partial charge in [-0.05, 0) is 48.4 Å². The molecule has 7 heteroatoms. The molecule has 134 valence electrons. The fourth-order valence-electron chi connectivity index (χ4n) is 2.40. The molecule has 0 fully saturated rings. The van der Waals surface area contributed by atoms with Crippen molar-refractivity contribution in [2.24, 2.45) is 5.10 Å². The number of nitrogens with zero attached hydrogens (tertiary/aromatic N) is 3. The van der Waals surface area contributed by atoms with E-state index < -0.39 is 0 Å². The number of benzene rings is 2. The molecule has 6 nitrogen and oxygen atoms in total. The Bertz CT molecular complexity index is 937. The van der Waals surface area contributed by atoms with Gasteiger partial charge in [0.05, 0.1) is 25.2 Å². The van der Waals surface area contributed by atoms with Crippen LogP contribution >= 0.6 is 11.6 Å². The van der Waals surface area contributed by atoms with Crippen molar-refractivity contribution >= 4 is 23.8 Å². The van der Waals surface area contributed by atoms with Gasteiger partial charge in [-0.25, -0.2) is 9.66 Å². The molecule has 1 aromatic heterocycles. The van der Waals surface area contributed by atoms with Crippen molar-refractivity contribution in [2.45, 2.75) is 13.5 Å². The largest absolute Gasteiger partial charge is 0.493 e. The number of aromatic nitrogens is 2. The van der Waals surface area contributed by atoms with Crippen LogP contribution in [0.4, 0.5) is 5.95 Å². The van der Waals surface area contributed by atoms with Crippen molar-refractivity contribution in [1.29, 1.82) is 0 Å². The van der Waals surface area contributed by atoms with E-state index in [4.69, 9.17) is 26.8 Å². The average Bonchev–Trinajstić information content (AvgIpc) is 2.95. The average molecular weight is 371 g/mol. The topological polar surface area (TPSA) is 74.7 Å². The second-order valence-electron chi connectivity index (χ2n) is 5.66. The summed E-state index contributed by atoms with van der Waals surface area (Å²) in [5, 5.41) is 4.98. The number of hydrogen-bond acceptors (Lipinski definition) is 5. The van der Waals surface area contributed by atoms with Crippen LogP contribution in [0.15, 0.2) is 53.8 Å². The summed E-state index contributed by atoms with van der Waals surface area (Å²) in [5.41, 5.74) is 8.41. The number of rotatable bonds is 6. The van der Waals surface area contributed by atoms with Crippen molar-refractivity contribution in [3.8, 4) is 11.5 Å². The molecule has 0 radical (unpaired) electrons. The number of nitrogens with two attached hydrogens (primary N) is 1. The highest BCUT2D eigenvalue weighted by Crippen LogP contribution is 2.28. The van der Waals surface area contributed by atoms with E-state index in [-0.39, 0.29) is 0 Å². The van der Waals surface area contributed by atoms with Crippen LogP contribution in [0.5, 0.6) is 11.5 Å². The van der Waals surface area contributed by atoms with Crippen molar-refractivity contribution in [1.82, 2.24) is 9.66 Å². The van der Waals surface area contributed by atoms with E-state index >= 15 is 0 Å². The molecule has 1 heterocycles. The van der Waals surface area contributed by atoms with Gasteiger partial charge in [0, 0.05) is 5.02 Å². The molecule has 0 atom stereocenters. The molecule has 0 bridgehead atoms. The fourth-order valence-corrected chi connectivity index (χ4v) is 2.61. The molecule has 26 heavy (non-hydrogen) atoms. The first-order valence-electron chi connectivity index (χ1n) is 7.96. The lowest BCUT2D eigenvalue weighted by Crippen LogP contribution is -1.99. The van der Waals surface area contributed by atoms with Crippen molar-refractivity contribution in [3.05, 3.63) is 70.5 Å². The molecule has 0 spiro atoms. The molecule has 0 aliphatic heterocycles. The molecule has 0 saturated heterocycles. The minimum atomic E-state index is 0.340. The van der Waals surface area contributed by atoms with Crippen LogP contribution in [0.25, 0.3) is 0 Å². The normalized spacial score (nSPS) is 11.0. The molecule has 0 amide bonds. The van der Waals surface area contributed by atoms with Crippen LogP contribution in [0.3, 0.4) is 0 Å². The summed E-state index contributed by atoms with van der Waals surface area (Å²) >= 11 is 5.99. The first kappa shape index (κ1) is 17.8. The summed E-state index contributed by atoms with van der Waals surface area (Å²) in [4.78, 5) is 4.10. The van der Waals surface area contributed by atoms with Gasteiger partial charge in [0.15, 0.2) is 11.5 Å². The quantitative estimate of drug-likeness (QED) is 0.668. The highest BCUT2D eigenvalue weighted by molar-refractivity contribution is 6.30. The number of anilines is 1. The van der Waals surface area contributed by atoms with Gasteiger partial charge >= 0.3 is 0 Å². The predicted molar refractivity (Wildman–Crippen MR) is 103 cm³/mol. The Labute approximate surface area is 156 Å². The van der Waals surface area contributed by atoms with E-state index in [1.165, 1.54) is 4.68 Å². The van der Waals surface area contributed by atoms with Gasteiger partial charge in [-0.1, -0.05) is 23.7 Å². The predicted octanol–water partition coefficient (Wildman–Crippen LogP) is 3.90. The first-order chi connectivity index (χ1) is 12.5. The Morgan fingerprint density at radius 1 is 1.23 bits per heavy atom. The lowest BCUT2D eigenvalue weighted by molar-refractivity contribution is 0.284. The van der Waals surface area contributed by atoms with Gasteiger partial charge in [0.25, 0.3) is 0 Å². The molecule has 3 rings (SSSR count). The lowest BCUT2D eigenvalue weighted by Gasteiger charge is -2.11. The summed E-state index contributed by atoms with van der Waals surface area (Å²) in [6.07, 6.45) is 3.44. The standard InChI is InChI=1S/C19H19ClN4O2/c1-13-11-24(19(21)23-13)22-10-14-6-7-17(18(9-14)25-2)26-12-15-4-3-5-16(20)8-15/h3-11H,12H2,1-2H3,(H2,21,23). The number of aryl methyl sites for hydroxylation is 1. The van der Waals surface area contributed by atoms with Crippen molar-refractivity contribution in [2.75, 3.05) is 12.8 Å². The second kappa shape index (κ2) is 7.93. The SMILES string of the molecule is COc1cc(C=Nn2cc(C)nc2N)ccc1OCc1cccc(Cl)c1. The molecule has 0 aliphatic rings. The van der Waals surface area contributed by atoms with Crippen LogP contribution in [-0.4, -0.2) is 23.0 Å². The van der Waals surface area contributed by atoms with Gasteiger partial charge in [0.2, 0.25) is 5.95 Å².